The SMILES string of the molecule is CCc1ncnc(-c2ccnc(C)c2)c1C#Cc1cnc(C)c(N[S+](=O)(O)c2ccc(F)cc2F)c1. The molecule has 0 aliphatic rings. The molecule has 0 spiro atoms. The predicted octanol–water partition coefficient (Wildman–Crippen LogP) is 5.15. The van der Waals surface area contributed by atoms with E-state index in [1.165, 1.54) is 18.6 Å². The summed E-state index contributed by atoms with van der Waals surface area (Å²) in [7, 11) is -4.08. The van der Waals surface area contributed by atoms with Crippen molar-refractivity contribution >= 4 is 16.1 Å². The van der Waals surface area contributed by atoms with Gasteiger partial charge in [-0.3, -0.25) is 9.97 Å². The Labute approximate surface area is 208 Å². The summed E-state index contributed by atoms with van der Waals surface area (Å²) in [6.45, 7) is 5.48. The number of halogens is 2. The van der Waals surface area contributed by atoms with Crippen molar-refractivity contribution in [3.05, 3.63) is 95.0 Å². The van der Waals surface area contributed by atoms with E-state index in [4.69, 9.17) is 0 Å². The van der Waals surface area contributed by atoms with E-state index >= 15 is 0 Å². The Morgan fingerprint density at radius 2 is 1.83 bits per heavy atom. The zero-order chi connectivity index (χ0) is 25.9. The summed E-state index contributed by atoms with van der Waals surface area (Å²) in [5.74, 6) is 4.17. The lowest BCUT2D eigenvalue weighted by molar-refractivity contribution is 0.490. The lowest BCUT2D eigenvalue weighted by Crippen LogP contribution is -2.22. The molecule has 36 heavy (non-hydrogen) atoms. The summed E-state index contributed by atoms with van der Waals surface area (Å²) in [5, 5.41) is 0. The maximum absolute atomic E-state index is 14.1. The standard InChI is InChI=1S/C26H21F2N5O2S/c1-4-23-21(26(32-15-31-23)19-9-10-29-16(2)11-19)7-5-18-12-24(17(3)30-14-18)33-36(34,35)25-8-6-20(27)13-22(25)28/h6,8-15H,4H2,1-3H3,(H-,33,34,35)/p+1. The van der Waals surface area contributed by atoms with Crippen LogP contribution in [-0.2, 0) is 21.0 Å². The molecule has 4 aromatic rings. The number of nitrogens with one attached hydrogen (secondary N) is 1. The van der Waals surface area contributed by atoms with E-state index in [1.54, 1.807) is 13.1 Å². The maximum atomic E-state index is 14.1. The minimum atomic E-state index is -4.08. The second kappa shape index (κ2) is 10.3. The molecule has 1 atom stereocenters. The highest BCUT2D eigenvalue weighted by atomic mass is 32.3. The lowest BCUT2D eigenvalue weighted by Gasteiger charge is -2.10. The summed E-state index contributed by atoms with van der Waals surface area (Å²) < 4.78 is 53.1. The van der Waals surface area contributed by atoms with Crippen LogP contribution in [0.5, 0.6) is 0 Å². The smallest absolute Gasteiger partial charge is 0.262 e. The van der Waals surface area contributed by atoms with Crippen molar-refractivity contribution in [1.29, 1.82) is 0 Å². The minimum absolute atomic E-state index is 0.183. The van der Waals surface area contributed by atoms with Gasteiger partial charge in [-0.15, -0.1) is 0 Å². The average molecular weight is 507 g/mol. The quantitative estimate of drug-likeness (QED) is 0.287. The largest absolute Gasteiger partial charge is 0.349 e. The first-order valence-corrected chi connectivity index (χ1v) is 12.4. The van der Waals surface area contributed by atoms with Crippen LogP contribution in [0.1, 0.15) is 35.1 Å². The fraction of sp³-hybridized carbons (Fsp3) is 0.154. The second-order valence-electron chi connectivity index (χ2n) is 7.89. The molecule has 10 heteroatoms. The highest BCUT2D eigenvalue weighted by Crippen LogP contribution is 2.26. The fourth-order valence-electron chi connectivity index (χ4n) is 3.48. The Morgan fingerprint density at radius 1 is 1.03 bits per heavy atom. The summed E-state index contributed by atoms with van der Waals surface area (Å²) in [6.07, 6.45) is 5.36. The van der Waals surface area contributed by atoms with Gasteiger partial charge in [0, 0.05) is 41.3 Å². The van der Waals surface area contributed by atoms with Crippen LogP contribution >= 0.6 is 0 Å². The fourth-order valence-corrected chi connectivity index (χ4v) is 4.67. The van der Waals surface area contributed by atoms with E-state index in [-0.39, 0.29) is 5.69 Å². The number of benzene rings is 1. The number of nitrogens with zero attached hydrogens (tertiary/aromatic N) is 4. The van der Waals surface area contributed by atoms with Gasteiger partial charge in [0.25, 0.3) is 4.90 Å². The average Bonchev–Trinajstić information content (AvgIpc) is 2.84. The number of rotatable bonds is 5. The van der Waals surface area contributed by atoms with Gasteiger partial charge in [0.15, 0.2) is 5.82 Å². The molecule has 0 fully saturated rings. The highest BCUT2D eigenvalue weighted by Gasteiger charge is 2.34. The molecule has 2 N–H and O–H groups in total. The van der Waals surface area contributed by atoms with Crippen LogP contribution in [0.4, 0.5) is 14.5 Å². The molecule has 0 bridgehead atoms. The predicted molar refractivity (Wildman–Crippen MR) is 133 cm³/mol. The van der Waals surface area contributed by atoms with Crippen molar-refractivity contribution in [2.75, 3.05) is 4.72 Å². The van der Waals surface area contributed by atoms with Gasteiger partial charge in [-0.25, -0.2) is 18.7 Å². The maximum Gasteiger partial charge on any atom is 0.349 e. The molecule has 0 aliphatic carbocycles. The normalized spacial score (nSPS) is 12.4. The molecule has 0 aliphatic heterocycles. The van der Waals surface area contributed by atoms with E-state index < -0.39 is 26.9 Å². The Morgan fingerprint density at radius 3 is 2.56 bits per heavy atom. The zero-order valence-corrected chi connectivity index (χ0v) is 20.5. The third-order valence-electron chi connectivity index (χ3n) is 5.29. The van der Waals surface area contributed by atoms with Gasteiger partial charge in [0.05, 0.1) is 22.6 Å². The molecule has 3 aromatic heterocycles. The Bertz CT molecular complexity index is 1570. The minimum Gasteiger partial charge on any atom is -0.262 e. The molecule has 4 rings (SSSR count). The highest BCUT2D eigenvalue weighted by molar-refractivity contribution is 7.99. The van der Waals surface area contributed by atoms with E-state index in [1.807, 2.05) is 26.0 Å². The van der Waals surface area contributed by atoms with Crippen LogP contribution in [0, 0.1) is 37.3 Å². The molecule has 182 valence electrons. The molecule has 0 saturated carbocycles. The van der Waals surface area contributed by atoms with Crippen molar-refractivity contribution < 1.29 is 17.5 Å². The van der Waals surface area contributed by atoms with Gasteiger partial charge < -0.3 is 0 Å². The van der Waals surface area contributed by atoms with Gasteiger partial charge in [0.2, 0.25) is 0 Å². The van der Waals surface area contributed by atoms with Crippen molar-refractivity contribution in [2.24, 2.45) is 0 Å². The van der Waals surface area contributed by atoms with Crippen LogP contribution in [0.15, 0.2) is 60.0 Å². The molecule has 1 aromatic carbocycles. The van der Waals surface area contributed by atoms with Crippen molar-refractivity contribution in [2.45, 2.75) is 32.1 Å². The Kier molecular flexibility index (Phi) is 7.15. The van der Waals surface area contributed by atoms with Crippen LogP contribution in [0.2, 0.25) is 0 Å². The number of hydrogen-bond acceptors (Lipinski definition) is 5. The lowest BCUT2D eigenvalue weighted by atomic mass is 10.0. The molecule has 0 amide bonds. The van der Waals surface area contributed by atoms with Crippen LogP contribution in [-0.4, -0.2) is 24.5 Å². The second-order valence-corrected chi connectivity index (χ2v) is 9.59. The first kappa shape index (κ1) is 25.0. The molecular formula is C26H22F2N5O2S+. The summed E-state index contributed by atoms with van der Waals surface area (Å²) in [4.78, 5) is 16.7. The third kappa shape index (κ3) is 5.43. The third-order valence-corrected chi connectivity index (χ3v) is 6.71. The molecule has 7 nitrogen and oxygen atoms in total. The summed E-state index contributed by atoms with van der Waals surface area (Å²) >= 11 is 0. The molecule has 0 radical (unpaired) electrons. The van der Waals surface area contributed by atoms with Crippen molar-refractivity contribution in [3.63, 3.8) is 0 Å². The van der Waals surface area contributed by atoms with E-state index in [0.29, 0.717) is 35.0 Å². The first-order chi connectivity index (χ1) is 17.2. The number of anilines is 1. The van der Waals surface area contributed by atoms with Gasteiger partial charge in [0.1, 0.15) is 17.8 Å². The topological polar surface area (TPSA) is 101 Å². The van der Waals surface area contributed by atoms with Gasteiger partial charge in [-0.1, -0.05) is 18.8 Å². The first-order valence-electron chi connectivity index (χ1n) is 10.9. The van der Waals surface area contributed by atoms with Gasteiger partial charge in [-0.05, 0) is 48.7 Å². The Balaban J connectivity index is 1.72. The van der Waals surface area contributed by atoms with Gasteiger partial charge >= 0.3 is 10.4 Å². The van der Waals surface area contributed by atoms with Crippen molar-refractivity contribution in [1.82, 2.24) is 19.9 Å². The molecule has 1 unspecified atom stereocenters. The molecule has 0 saturated heterocycles. The van der Waals surface area contributed by atoms with Gasteiger partial charge in [-0.2, -0.15) is 9.27 Å². The summed E-state index contributed by atoms with van der Waals surface area (Å²) in [5.41, 5.74) is 4.81. The van der Waals surface area contributed by atoms with E-state index in [2.05, 4.69) is 36.5 Å². The van der Waals surface area contributed by atoms with Crippen LogP contribution in [0.25, 0.3) is 11.3 Å². The molecular weight excluding hydrogens is 484 g/mol. The monoisotopic (exact) mass is 506 g/mol. The number of pyridine rings is 2. The van der Waals surface area contributed by atoms with Crippen molar-refractivity contribution in [3.8, 4) is 23.1 Å². The van der Waals surface area contributed by atoms with E-state index in [9.17, 15) is 17.5 Å². The molecule has 3 heterocycles. The van der Waals surface area contributed by atoms with E-state index in [0.717, 1.165) is 29.1 Å². The number of aryl methyl sites for hydroxylation is 3. The number of hydrogen-bond donors (Lipinski definition) is 2. The Hall–Kier alpha value is -4.07. The zero-order valence-electron chi connectivity index (χ0n) is 19.7. The number of aromatic nitrogens is 4. The van der Waals surface area contributed by atoms with Crippen LogP contribution < -0.4 is 4.72 Å². The van der Waals surface area contributed by atoms with Crippen LogP contribution in [0.3, 0.4) is 0 Å². The summed E-state index contributed by atoms with van der Waals surface area (Å²) in [6, 6.07) is 7.69.